The van der Waals surface area contributed by atoms with Crippen molar-refractivity contribution in [2.45, 2.75) is 51.0 Å². The number of carbonyl (C=O) groups excluding carboxylic acids is 3. The van der Waals surface area contributed by atoms with Crippen molar-refractivity contribution in [3.8, 4) is 0 Å². The van der Waals surface area contributed by atoms with Crippen LogP contribution in [0.1, 0.15) is 54.6 Å². The van der Waals surface area contributed by atoms with Gasteiger partial charge >= 0.3 is 0 Å². The Kier molecular flexibility index (Phi) is 8.53. The van der Waals surface area contributed by atoms with Crippen molar-refractivity contribution >= 4 is 23.4 Å². The molecule has 3 amide bonds. The summed E-state index contributed by atoms with van der Waals surface area (Å²) < 4.78 is 14.5. The molecule has 1 heterocycles. The molecular weight excluding hydrogens is 483 g/mol. The number of rotatable bonds is 8. The molecule has 1 saturated heterocycles. The van der Waals surface area contributed by atoms with E-state index in [1.165, 1.54) is 11.8 Å². The molecule has 198 valence electrons. The molecular formula is C30H33FN4O3. The number of hydrogen-bond donors (Lipinski definition) is 3. The van der Waals surface area contributed by atoms with Crippen LogP contribution in [0.15, 0.2) is 78.9 Å². The van der Waals surface area contributed by atoms with E-state index >= 15 is 0 Å². The first-order chi connectivity index (χ1) is 18.2. The number of nitrogens with two attached hydrogens (primary N) is 1. The van der Waals surface area contributed by atoms with Crippen LogP contribution in [0.25, 0.3) is 0 Å². The smallest absolute Gasteiger partial charge is 0.243 e. The molecule has 0 spiro atoms. The van der Waals surface area contributed by atoms with E-state index in [9.17, 15) is 18.8 Å². The predicted molar refractivity (Wildman–Crippen MR) is 145 cm³/mol. The third kappa shape index (κ3) is 6.63. The summed E-state index contributed by atoms with van der Waals surface area (Å²) in [6, 6.07) is 22.6. The number of nitrogens with one attached hydrogen (secondary N) is 2. The summed E-state index contributed by atoms with van der Waals surface area (Å²) in [4.78, 5) is 39.2. The average Bonchev–Trinajstić information content (AvgIpc) is 3.30. The molecule has 0 saturated carbocycles. The third-order valence-corrected chi connectivity index (χ3v) is 6.72. The highest BCUT2D eigenvalue weighted by molar-refractivity contribution is 5.90. The molecule has 8 heteroatoms. The Bertz CT molecular complexity index is 1260. The number of nitrogens with zero attached hydrogens (tertiary/aromatic N) is 1. The summed E-state index contributed by atoms with van der Waals surface area (Å²) >= 11 is 0. The zero-order valence-corrected chi connectivity index (χ0v) is 21.6. The van der Waals surface area contributed by atoms with Gasteiger partial charge in [0.2, 0.25) is 17.7 Å². The van der Waals surface area contributed by atoms with Crippen LogP contribution in [-0.4, -0.2) is 41.4 Å². The fourth-order valence-electron chi connectivity index (χ4n) is 4.73. The molecule has 1 unspecified atom stereocenters. The lowest BCUT2D eigenvalue weighted by Crippen LogP contribution is -2.47. The van der Waals surface area contributed by atoms with Crippen molar-refractivity contribution < 1.29 is 18.8 Å². The van der Waals surface area contributed by atoms with Gasteiger partial charge in [0.1, 0.15) is 12.2 Å². The van der Waals surface area contributed by atoms with Gasteiger partial charge in [-0.3, -0.25) is 14.4 Å². The molecule has 0 aromatic heterocycles. The van der Waals surface area contributed by atoms with Crippen molar-refractivity contribution in [2.24, 2.45) is 5.73 Å². The Morgan fingerprint density at radius 2 is 1.55 bits per heavy atom. The normalized spacial score (nSPS) is 18.5. The van der Waals surface area contributed by atoms with E-state index in [4.69, 9.17) is 5.73 Å². The van der Waals surface area contributed by atoms with Gasteiger partial charge in [-0.25, -0.2) is 4.39 Å². The molecule has 0 bridgehead atoms. The van der Waals surface area contributed by atoms with Gasteiger partial charge in [-0.15, -0.1) is 0 Å². The van der Waals surface area contributed by atoms with E-state index in [0.29, 0.717) is 11.3 Å². The maximum atomic E-state index is 14.5. The monoisotopic (exact) mass is 516 g/mol. The maximum absolute atomic E-state index is 14.5. The highest BCUT2D eigenvalue weighted by atomic mass is 19.1. The molecule has 3 aromatic rings. The van der Waals surface area contributed by atoms with E-state index in [1.807, 2.05) is 61.5 Å². The van der Waals surface area contributed by atoms with Gasteiger partial charge in [0.05, 0.1) is 19.0 Å². The van der Waals surface area contributed by atoms with E-state index in [2.05, 4.69) is 10.6 Å². The van der Waals surface area contributed by atoms with Crippen molar-refractivity contribution in [3.63, 3.8) is 0 Å². The van der Waals surface area contributed by atoms with Crippen LogP contribution < -0.4 is 16.4 Å². The lowest BCUT2D eigenvalue weighted by atomic mass is 9.96. The topological polar surface area (TPSA) is 105 Å². The van der Waals surface area contributed by atoms with Crippen LogP contribution >= 0.6 is 0 Å². The minimum atomic E-state index is -1.28. The Morgan fingerprint density at radius 3 is 2.16 bits per heavy atom. The Labute approximate surface area is 222 Å². The highest BCUT2D eigenvalue weighted by Gasteiger charge is 2.40. The molecule has 1 aliphatic heterocycles. The Balaban J connectivity index is 1.51. The van der Waals surface area contributed by atoms with Gasteiger partial charge in [-0.1, -0.05) is 66.7 Å². The van der Waals surface area contributed by atoms with Crippen molar-refractivity contribution in [3.05, 3.63) is 101 Å². The van der Waals surface area contributed by atoms with Crippen LogP contribution in [0.5, 0.6) is 0 Å². The molecule has 0 radical (unpaired) electrons. The molecule has 3 aromatic carbocycles. The highest BCUT2D eigenvalue weighted by Crippen LogP contribution is 2.27. The number of amides is 3. The quantitative estimate of drug-likeness (QED) is 0.420. The molecule has 7 nitrogen and oxygen atoms in total. The number of hydrogen-bond acceptors (Lipinski definition) is 4. The minimum absolute atomic E-state index is 0.0255. The van der Waals surface area contributed by atoms with Gasteiger partial charge in [0, 0.05) is 25.1 Å². The lowest BCUT2D eigenvalue weighted by Gasteiger charge is -2.27. The van der Waals surface area contributed by atoms with Gasteiger partial charge in [-0.2, -0.15) is 0 Å². The van der Waals surface area contributed by atoms with Gasteiger partial charge in [0.15, 0.2) is 0 Å². The maximum Gasteiger partial charge on any atom is 0.243 e. The van der Waals surface area contributed by atoms with Crippen LogP contribution in [0.2, 0.25) is 0 Å². The molecule has 4 rings (SSSR count). The van der Waals surface area contributed by atoms with Crippen molar-refractivity contribution in [1.82, 2.24) is 10.2 Å². The number of anilines is 1. The van der Waals surface area contributed by atoms with Crippen LogP contribution in [0.4, 0.5) is 10.1 Å². The van der Waals surface area contributed by atoms with Crippen molar-refractivity contribution in [2.75, 3.05) is 11.9 Å². The summed E-state index contributed by atoms with van der Waals surface area (Å²) in [7, 11) is 0. The fourth-order valence-corrected chi connectivity index (χ4v) is 4.73. The fraction of sp³-hybridized carbons (Fsp3) is 0.300. The molecule has 4 atom stereocenters. The van der Waals surface area contributed by atoms with E-state index in [1.54, 1.807) is 24.3 Å². The first-order valence-corrected chi connectivity index (χ1v) is 12.7. The Morgan fingerprint density at radius 1 is 0.947 bits per heavy atom. The van der Waals surface area contributed by atoms with E-state index < -0.39 is 24.2 Å². The number of carbonyl (C=O) groups is 3. The Hall–Kier alpha value is -4.04. The summed E-state index contributed by atoms with van der Waals surface area (Å²) in [5.74, 6) is -0.910. The second-order valence-electron chi connectivity index (χ2n) is 9.76. The van der Waals surface area contributed by atoms with Crippen LogP contribution in [0, 0.1) is 0 Å². The summed E-state index contributed by atoms with van der Waals surface area (Å²) in [5, 5.41) is 5.74. The SMILES string of the molecule is CC(=O)Nc1ccc(CC(=O)N2C[C@H](F)C[C@H]2C(=O)N[C@@H](c2ccccc2)c2ccc(C(C)N)cc2)cc1. The summed E-state index contributed by atoms with van der Waals surface area (Å²) in [5.41, 5.74) is 10.0. The van der Waals surface area contributed by atoms with Gasteiger partial charge < -0.3 is 21.3 Å². The molecule has 1 fully saturated rings. The molecule has 4 N–H and O–H groups in total. The van der Waals surface area contributed by atoms with Crippen LogP contribution in [0.3, 0.4) is 0 Å². The van der Waals surface area contributed by atoms with E-state index in [-0.39, 0.29) is 37.2 Å². The third-order valence-electron chi connectivity index (χ3n) is 6.72. The molecule has 0 aliphatic carbocycles. The number of alkyl halides is 1. The largest absolute Gasteiger partial charge is 0.343 e. The second-order valence-corrected chi connectivity index (χ2v) is 9.76. The second kappa shape index (κ2) is 12.0. The summed E-state index contributed by atoms with van der Waals surface area (Å²) in [6.45, 7) is 3.20. The first kappa shape index (κ1) is 27.0. The van der Waals surface area contributed by atoms with Gasteiger partial charge in [0.25, 0.3) is 0 Å². The summed E-state index contributed by atoms with van der Waals surface area (Å²) in [6.07, 6.45) is -1.31. The van der Waals surface area contributed by atoms with Gasteiger partial charge in [-0.05, 0) is 41.3 Å². The average molecular weight is 517 g/mol. The predicted octanol–water partition coefficient (Wildman–Crippen LogP) is 4.05. The van der Waals surface area contributed by atoms with Crippen LogP contribution in [-0.2, 0) is 20.8 Å². The lowest BCUT2D eigenvalue weighted by molar-refractivity contribution is -0.138. The van der Waals surface area contributed by atoms with Crippen molar-refractivity contribution in [1.29, 1.82) is 0 Å². The zero-order valence-electron chi connectivity index (χ0n) is 21.6. The zero-order chi connectivity index (χ0) is 27.2. The van der Waals surface area contributed by atoms with E-state index in [0.717, 1.165) is 16.7 Å². The number of likely N-dealkylation sites (tertiary alicyclic amines) is 1. The number of halogens is 1. The molecule has 38 heavy (non-hydrogen) atoms. The minimum Gasteiger partial charge on any atom is -0.343 e. The first-order valence-electron chi connectivity index (χ1n) is 12.7. The molecule has 1 aliphatic rings. The standard InChI is InChI=1S/C30H33FN4O3/c1-19(32)22-10-12-24(13-11-22)29(23-6-4-3-5-7-23)34-30(38)27-17-25(31)18-35(27)28(37)16-21-8-14-26(15-9-21)33-20(2)36/h3-15,19,25,27,29H,16-18,32H2,1-2H3,(H,33,36)(H,34,38)/t19?,25-,27+,29+/m1/s1. The number of benzene rings is 3.